The zero-order chi connectivity index (χ0) is 17.5. The van der Waals surface area contributed by atoms with Crippen LogP contribution in [0.2, 0.25) is 0 Å². The predicted octanol–water partition coefficient (Wildman–Crippen LogP) is 4.98. The van der Waals surface area contributed by atoms with E-state index in [1.54, 1.807) is 18.5 Å². The van der Waals surface area contributed by atoms with Gasteiger partial charge in [0.25, 0.3) is 0 Å². The van der Waals surface area contributed by atoms with Crippen LogP contribution in [0, 0.1) is 5.82 Å². The highest BCUT2D eigenvalue weighted by Gasteiger charge is 2.27. The molecule has 4 nitrogen and oxygen atoms in total. The van der Waals surface area contributed by atoms with Crippen molar-refractivity contribution in [3.8, 4) is 0 Å². The molecule has 2 aromatic heterocycles. The van der Waals surface area contributed by atoms with E-state index in [0.717, 1.165) is 41.6 Å². The van der Waals surface area contributed by atoms with Crippen molar-refractivity contribution in [3.63, 3.8) is 0 Å². The van der Waals surface area contributed by atoms with E-state index in [-0.39, 0.29) is 11.9 Å². The highest BCUT2D eigenvalue weighted by molar-refractivity contribution is 5.89. The highest BCUT2D eigenvalue weighted by Crippen LogP contribution is 2.37. The van der Waals surface area contributed by atoms with Crippen LogP contribution in [0.25, 0.3) is 21.8 Å². The number of piperidine rings is 1. The first kappa shape index (κ1) is 15.3. The summed E-state index contributed by atoms with van der Waals surface area (Å²) in [7, 11) is 0. The van der Waals surface area contributed by atoms with Gasteiger partial charge in [0.15, 0.2) is 0 Å². The summed E-state index contributed by atoms with van der Waals surface area (Å²) in [5.74, 6) is 0.561. The van der Waals surface area contributed by atoms with Crippen molar-refractivity contribution in [2.75, 3.05) is 11.4 Å². The third-order valence-corrected chi connectivity index (χ3v) is 5.26. The van der Waals surface area contributed by atoms with Gasteiger partial charge in [0.1, 0.15) is 18.0 Å². The lowest BCUT2D eigenvalue weighted by molar-refractivity contribution is 0.464. The largest absolute Gasteiger partial charge is 0.357 e. The molecular formula is C21H19FN4. The number of halogens is 1. The molecule has 1 aliphatic rings. The minimum Gasteiger partial charge on any atom is -0.357 e. The first-order chi connectivity index (χ1) is 12.8. The summed E-state index contributed by atoms with van der Waals surface area (Å²) in [6.45, 7) is 0.905. The molecule has 5 rings (SSSR count). The number of rotatable bonds is 2. The van der Waals surface area contributed by atoms with E-state index in [9.17, 15) is 4.39 Å². The number of hydrogen-bond acceptors (Lipinski definition) is 3. The Kier molecular flexibility index (Phi) is 3.59. The van der Waals surface area contributed by atoms with Crippen LogP contribution in [0.1, 0.15) is 31.0 Å². The Labute approximate surface area is 150 Å². The van der Waals surface area contributed by atoms with Gasteiger partial charge < -0.3 is 9.88 Å². The van der Waals surface area contributed by atoms with E-state index < -0.39 is 0 Å². The van der Waals surface area contributed by atoms with Crippen molar-refractivity contribution in [1.29, 1.82) is 0 Å². The van der Waals surface area contributed by atoms with Crippen molar-refractivity contribution in [2.45, 2.75) is 25.3 Å². The monoisotopic (exact) mass is 346 g/mol. The second-order valence-electron chi connectivity index (χ2n) is 6.88. The van der Waals surface area contributed by atoms with Crippen molar-refractivity contribution >= 4 is 27.6 Å². The Morgan fingerprint density at radius 2 is 1.96 bits per heavy atom. The summed E-state index contributed by atoms with van der Waals surface area (Å²) >= 11 is 0. The molecule has 2 aromatic carbocycles. The summed E-state index contributed by atoms with van der Waals surface area (Å²) in [6, 6.07) is 15.5. The van der Waals surface area contributed by atoms with Crippen LogP contribution in [0.5, 0.6) is 0 Å². The van der Waals surface area contributed by atoms with Gasteiger partial charge in [-0.1, -0.05) is 18.2 Å². The number of aromatic nitrogens is 3. The van der Waals surface area contributed by atoms with Gasteiger partial charge in [0, 0.05) is 23.1 Å². The van der Waals surface area contributed by atoms with Gasteiger partial charge in [0.05, 0.1) is 11.6 Å². The molecule has 0 spiro atoms. The number of H-pyrrole nitrogens is 1. The molecule has 4 aromatic rings. The minimum atomic E-state index is -0.257. The molecule has 130 valence electrons. The molecule has 5 heteroatoms. The molecule has 1 aliphatic heterocycles. The van der Waals surface area contributed by atoms with Gasteiger partial charge in [0.2, 0.25) is 0 Å². The minimum absolute atomic E-state index is 0.206. The van der Waals surface area contributed by atoms with E-state index in [4.69, 9.17) is 0 Å². The molecule has 0 bridgehead atoms. The topological polar surface area (TPSA) is 44.8 Å². The fourth-order valence-corrected chi connectivity index (χ4v) is 4.03. The third kappa shape index (κ3) is 2.51. The molecule has 0 radical (unpaired) electrons. The first-order valence-corrected chi connectivity index (χ1v) is 9.04. The first-order valence-electron chi connectivity index (χ1n) is 9.04. The van der Waals surface area contributed by atoms with Gasteiger partial charge in [-0.2, -0.15) is 0 Å². The van der Waals surface area contributed by atoms with Crippen LogP contribution in [-0.4, -0.2) is 21.5 Å². The van der Waals surface area contributed by atoms with Gasteiger partial charge >= 0.3 is 0 Å². The SMILES string of the molecule is Fc1ccc2ncnc(N3CCCCC3c3cc4ccccc4[nH]3)c2c1. The molecule has 26 heavy (non-hydrogen) atoms. The number of fused-ring (bicyclic) bond motifs is 2. The zero-order valence-corrected chi connectivity index (χ0v) is 14.3. The zero-order valence-electron chi connectivity index (χ0n) is 14.3. The standard InChI is InChI=1S/C21H19FN4/c22-15-8-9-18-16(12-15)21(24-13-23-18)26-10-4-3-7-20(26)19-11-14-5-1-2-6-17(14)25-19/h1-2,5-6,8-9,11-13,20,25H,3-4,7,10H2. The summed E-state index contributed by atoms with van der Waals surface area (Å²) in [5.41, 5.74) is 3.11. The van der Waals surface area contributed by atoms with E-state index >= 15 is 0 Å². The molecule has 1 atom stereocenters. The number of hydrogen-bond donors (Lipinski definition) is 1. The maximum absolute atomic E-state index is 13.9. The van der Waals surface area contributed by atoms with E-state index in [1.807, 2.05) is 6.07 Å². The van der Waals surface area contributed by atoms with Crippen LogP contribution in [0.4, 0.5) is 10.2 Å². The molecule has 1 saturated heterocycles. The lowest BCUT2D eigenvalue weighted by atomic mass is 9.98. The van der Waals surface area contributed by atoms with Gasteiger partial charge in [-0.05, 0) is 55.0 Å². The molecule has 1 N–H and O–H groups in total. The van der Waals surface area contributed by atoms with Crippen LogP contribution < -0.4 is 4.90 Å². The molecule has 0 saturated carbocycles. The summed E-state index contributed by atoms with van der Waals surface area (Å²) in [5, 5.41) is 1.99. The van der Waals surface area contributed by atoms with E-state index in [1.165, 1.54) is 23.6 Å². The predicted molar refractivity (Wildman–Crippen MR) is 102 cm³/mol. The maximum atomic E-state index is 13.9. The second-order valence-corrected chi connectivity index (χ2v) is 6.88. The van der Waals surface area contributed by atoms with Crippen molar-refractivity contribution in [3.05, 3.63) is 66.4 Å². The average molecular weight is 346 g/mol. The van der Waals surface area contributed by atoms with Crippen LogP contribution >= 0.6 is 0 Å². The average Bonchev–Trinajstić information content (AvgIpc) is 3.11. The second kappa shape index (κ2) is 6.09. The summed E-state index contributed by atoms with van der Waals surface area (Å²) < 4.78 is 13.9. The molecule has 3 heterocycles. The maximum Gasteiger partial charge on any atom is 0.140 e. The summed E-state index contributed by atoms with van der Waals surface area (Å²) in [4.78, 5) is 14.7. The molecular weight excluding hydrogens is 327 g/mol. The number of nitrogens with zero attached hydrogens (tertiary/aromatic N) is 3. The molecule has 0 amide bonds. The van der Waals surface area contributed by atoms with Crippen molar-refractivity contribution in [2.24, 2.45) is 0 Å². The Morgan fingerprint density at radius 1 is 1.04 bits per heavy atom. The van der Waals surface area contributed by atoms with Crippen LogP contribution in [0.3, 0.4) is 0 Å². The Balaban J connectivity index is 1.63. The number of benzene rings is 2. The molecule has 1 fully saturated rings. The fourth-order valence-electron chi connectivity index (χ4n) is 4.03. The van der Waals surface area contributed by atoms with Crippen molar-refractivity contribution in [1.82, 2.24) is 15.0 Å². The number of nitrogens with one attached hydrogen (secondary N) is 1. The Hall–Kier alpha value is -2.95. The van der Waals surface area contributed by atoms with E-state index in [0.29, 0.717) is 0 Å². The van der Waals surface area contributed by atoms with Crippen LogP contribution in [0.15, 0.2) is 54.9 Å². The third-order valence-electron chi connectivity index (χ3n) is 5.26. The molecule has 0 aliphatic carbocycles. The molecule has 1 unspecified atom stereocenters. The Bertz CT molecular complexity index is 1050. The Morgan fingerprint density at radius 3 is 2.88 bits per heavy atom. The number of anilines is 1. The van der Waals surface area contributed by atoms with E-state index in [2.05, 4.69) is 44.1 Å². The lowest BCUT2D eigenvalue weighted by Crippen LogP contribution is -2.34. The summed E-state index contributed by atoms with van der Waals surface area (Å²) in [6.07, 6.45) is 4.91. The quantitative estimate of drug-likeness (QED) is 0.557. The number of para-hydroxylation sites is 1. The highest BCUT2D eigenvalue weighted by atomic mass is 19.1. The van der Waals surface area contributed by atoms with Gasteiger partial charge in [-0.15, -0.1) is 0 Å². The van der Waals surface area contributed by atoms with Crippen LogP contribution in [-0.2, 0) is 0 Å². The number of aromatic amines is 1. The van der Waals surface area contributed by atoms with Crippen molar-refractivity contribution < 1.29 is 4.39 Å². The smallest absolute Gasteiger partial charge is 0.140 e. The lowest BCUT2D eigenvalue weighted by Gasteiger charge is -2.36. The fraction of sp³-hybridized carbons (Fsp3) is 0.238. The van der Waals surface area contributed by atoms with Gasteiger partial charge in [-0.3, -0.25) is 0 Å². The van der Waals surface area contributed by atoms with Gasteiger partial charge in [-0.25, -0.2) is 14.4 Å². The normalized spacial score (nSPS) is 17.9.